The maximum Gasteiger partial charge on any atom is 0.335 e. The zero-order valence-electron chi connectivity index (χ0n) is 20.3. The van der Waals surface area contributed by atoms with E-state index in [0.717, 1.165) is 56.4 Å². The number of fused-ring (bicyclic) bond motifs is 1. The first-order valence-electron chi connectivity index (χ1n) is 12.4. The highest BCUT2D eigenvalue weighted by atomic mass is 16.4. The second kappa shape index (κ2) is 11.8. The van der Waals surface area contributed by atoms with Crippen molar-refractivity contribution in [3.05, 3.63) is 94.8 Å². The van der Waals surface area contributed by atoms with Crippen LogP contribution in [0.15, 0.2) is 67.0 Å². The van der Waals surface area contributed by atoms with E-state index >= 15 is 0 Å². The van der Waals surface area contributed by atoms with Crippen molar-refractivity contribution in [2.75, 3.05) is 18.0 Å². The molecule has 0 bridgehead atoms. The number of aromatic carboxylic acids is 1. The third-order valence-corrected chi connectivity index (χ3v) is 6.53. The first kappa shape index (κ1) is 24.6. The number of carboxylic acid groups (broad SMARTS) is 1. The molecule has 2 aromatic carbocycles. The van der Waals surface area contributed by atoms with Gasteiger partial charge in [0.15, 0.2) is 0 Å². The molecule has 1 aliphatic rings. The molecule has 0 radical (unpaired) electrons. The van der Waals surface area contributed by atoms with E-state index in [1.165, 1.54) is 11.1 Å². The van der Waals surface area contributed by atoms with Crippen LogP contribution in [0.2, 0.25) is 0 Å². The van der Waals surface area contributed by atoms with Crippen LogP contribution in [0, 0.1) is 6.92 Å². The Labute approximate surface area is 207 Å². The maximum atomic E-state index is 13.6. The summed E-state index contributed by atoms with van der Waals surface area (Å²) in [5, 5.41) is 9.68. The van der Waals surface area contributed by atoms with Crippen molar-refractivity contribution in [3.8, 4) is 0 Å². The van der Waals surface area contributed by atoms with E-state index in [1.807, 2.05) is 4.90 Å². The van der Waals surface area contributed by atoms with Crippen molar-refractivity contribution in [1.82, 2.24) is 9.88 Å². The standard InChI is InChI=1S/C29H33N3O3/c1-22-8-7-9-23(18-22)20-31-16-5-3-2-4-6-17-32(28(33)24-12-14-30-15-13-24)27-11-10-25(29(34)35)19-26(27)21-31/h7-15,18-19H,2-6,16-17,20-21H2,1H3,(H,34,35). The summed E-state index contributed by atoms with van der Waals surface area (Å²) >= 11 is 0. The van der Waals surface area contributed by atoms with Crippen LogP contribution >= 0.6 is 0 Å². The lowest BCUT2D eigenvalue weighted by Crippen LogP contribution is -2.34. The molecule has 0 spiro atoms. The third-order valence-electron chi connectivity index (χ3n) is 6.53. The van der Waals surface area contributed by atoms with Crippen molar-refractivity contribution < 1.29 is 14.7 Å². The first-order chi connectivity index (χ1) is 17.0. The van der Waals surface area contributed by atoms with Gasteiger partial charge in [0.1, 0.15) is 0 Å². The van der Waals surface area contributed by atoms with E-state index < -0.39 is 5.97 Å². The predicted octanol–water partition coefficient (Wildman–Crippen LogP) is 5.70. The molecule has 6 heteroatoms. The zero-order valence-corrected chi connectivity index (χ0v) is 20.3. The number of rotatable bonds is 4. The van der Waals surface area contributed by atoms with Gasteiger partial charge in [-0.3, -0.25) is 14.7 Å². The predicted molar refractivity (Wildman–Crippen MR) is 138 cm³/mol. The normalized spacial score (nSPS) is 15.5. The molecule has 2 heterocycles. The largest absolute Gasteiger partial charge is 0.478 e. The molecule has 6 nitrogen and oxygen atoms in total. The van der Waals surface area contributed by atoms with Gasteiger partial charge in [-0.1, -0.05) is 49.1 Å². The molecular weight excluding hydrogens is 438 g/mol. The molecule has 0 atom stereocenters. The minimum absolute atomic E-state index is 0.0842. The molecule has 0 fully saturated rings. The first-order valence-corrected chi connectivity index (χ1v) is 12.4. The van der Waals surface area contributed by atoms with Crippen LogP contribution in [0.25, 0.3) is 0 Å². The number of carbonyl (C=O) groups excluding carboxylic acids is 1. The Balaban J connectivity index is 1.73. The van der Waals surface area contributed by atoms with Crippen LogP contribution in [0.1, 0.15) is 69.5 Å². The number of nitrogens with zero attached hydrogens (tertiary/aromatic N) is 3. The maximum absolute atomic E-state index is 13.6. The average Bonchev–Trinajstić information content (AvgIpc) is 2.85. The number of amides is 1. The van der Waals surface area contributed by atoms with Gasteiger partial charge in [0.05, 0.1) is 5.56 Å². The van der Waals surface area contributed by atoms with Crippen molar-refractivity contribution in [3.63, 3.8) is 0 Å². The second-order valence-corrected chi connectivity index (χ2v) is 9.31. The summed E-state index contributed by atoms with van der Waals surface area (Å²) in [4.78, 5) is 33.6. The summed E-state index contributed by atoms with van der Waals surface area (Å²) in [6.07, 6.45) is 8.60. The molecule has 35 heavy (non-hydrogen) atoms. The molecule has 0 unspecified atom stereocenters. The Morgan fingerprint density at radius 2 is 1.63 bits per heavy atom. The minimum Gasteiger partial charge on any atom is -0.478 e. The highest BCUT2D eigenvalue weighted by molar-refractivity contribution is 6.06. The summed E-state index contributed by atoms with van der Waals surface area (Å²) in [6, 6.07) is 17.1. The lowest BCUT2D eigenvalue weighted by Gasteiger charge is -2.30. The molecule has 0 saturated heterocycles. The van der Waals surface area contributed by atoms with Crippen molar-refractivity contribution >= 4 is 17.6 Å². The number of aromatic nitrogens is 1. The minimum atomic E-state index is -0.962. The Morgan fingerprint density at radius 3 is 2.37 bits per heavy atom. The summed E-state index contributed by atoms with van der Waals surface area (Å²) in [6.45, 7) is 4.96. The third kappa shape index (κ3) is 6.55. The van der Waals surface area contributed by atoms with Crippen LogP contribution in [0.5, 0.6) is 0 Å². The van der Waals surface area contributed by atoms with Gasteiger partial charge in [0.25, 0.3) is 5.91 Å². The zero-order chi connectivity index (χ0) is 24.6. The summed E-state index contributed by atoms with van der Waals surface area (Å²) < 4.78 is 0. The Morgan fingerprint density at radius 1 is 0.886 bits per heavy atom. The van der Waals surface area contributed by atoms with Gasteiger partial charge in [-0.25, -0.2) is 4.79 Å². The Hall–Kier alpha value is -3.51. The van der Waals surface area contributed by atoms with Gasteiger partial charge in [-0.2, -0.15) is 0 Å². The lowest BCUT2D eigenvalue weighted by atomic mass is 10.0. The number of hydrogen-bond donors (Lipinski definition) is 1. The number of pyridine rings is 1. The molecule has 1 aromatic heterocycles. The van der Waals surface area contributed by atoms with Crippen molar-refractivity contribution in [1.29, 1.82) is 0 Å². The number of aryl methyl sites for hydroxylation is 1. The second-order valence-electron chi connectivity index (χ2n) is 9.31. The molecule has 0 aliphatic carbocycles. The van der Waals surface area contributed by atoms with Gasteiger partial charge >= 0.3 is 5.97 Å². The highest BCUT2D eigenvalue weighted by Crippen LogP contribution is 2.28. The Bertz CT molecular complexity index is 1160. The van der Waals surface area contributed by atoms with Gasteiger partial charge in [-0.05, 0) is 67.8 Å². The number of benzene rings is 2. The quantitative estimate of drug-likeness (QED) is 0.528. The molecular formula is C29H33N3O3. The van der Waals surface area contributed by atoms with Gasteiger partial charge in [0.2, 0.25) is 0 Å². The monoisotopic (exact) mass is 471 g/mol. The molecule has 3 aromatic rings. The van der Waals surface area contributed by atoms with E-state index in [1.54, 1.807) is 42.7 Å². The van der Waals surface area contributed by atoms with Crippen LogP contribution in [-0.4, -0.2) is 40.0 Å². The molecule has 182 valence electrons. The average molecular weight is 472 g/mol. The van der Waals surface area contributed by atoms with E-state index in [4.69, 9.17) is 0 Å². The fourth-order valence-corrected chi connectivity index (χ4v) is 4.75. The van der Waals surface area contributed by atoms with Gasteiger partial charge < -0.3 is 10.0 Å². The number of carboxylic acids is 1. The topological polar surface area (TPSA) is 73.7 Å². The van der Waals surface area contributed by atoms with Crippen molar-refractivity contribution in [2.45, 2.75) is 52.1 Å². The van der Waals surface area contributed by atoms with Crippen LogP contribution in [-0.2, 0) is 13.1 Å². The summed E-state index contributed by atoms with van der Waals surface area (Å²) in [5.41, 5.74) is 4.92. The SMILES string of the molecule is Cc1cccc(CN2CCCCCCCN(C(=O)c3ccncc3)c3ccc(C(=O)O)cc3C2)c1. The van der Waals surface area contributed by atoms with Gasteiger partial charge in [-0.15, -0.1) is 0 Å². The van der Waals surface area contributed by atoms with E-state index in [2.05, 4.69) is 41.1 Å². The summed E-state index contributed by atoms with van der Waals surface area (Å²) in [7, 11) is 0. The number of hydrogen-bond acceptors (Lipinski definition) is 4. The molecule has 0 saturated carbocycles. The van der Waals surface area contributed by atoms with E-state index in [9.17, 15) is 14.7 Å². The van der Waals surface area contributed by atoms with Crippen LogP contribution in [0.4, 0.5) is 5.69 Å². The van der Waals surface area contributed by atoms with Crippen molar-refractivity contribution in [2.24, 2.45) is 0 Å². The van der Waals surface area contributed by atoms with E-state index in [-0.39, 0.29) is 11.5 Å². The van der Waals surface area contributed by atoms with E-state index in [0.29, 0.717) is 18.7 Å². The molecule has 1 N–H and O–H groups in total. The summed E-state index contributed by atoms with van der Waals surface area (Å²) in [5.74, 6) is -1.05. The lowest BCUT2D eigenvalue weighted by molar-refractivity contribution is 0.0696. The molecule has 4 rings (SSSR count). The molecule has 1 aliphatic heterocycles. The molecule has 1 amide bonds. The number of anilines is 1. The number of carbonyl (C=O) groups is 2. The van der Waals surface area contributed by atoms with Crippen LogP contribution in [0.3, 0.4) is 0 Å². The highest BCUT2D eigenvalue weighted by Gasteiger charge is 2.23. The Kier molecular flexibility index (Phi) is 8.27. The van der Waals surface area contributed by atoms with Crippen LogP contribution < -0.4 is 4.90 Å². The fraction of sp³-hybridized carbons (Fsp3) is 0.345. The fourth-order valence-electron chi connectivity index (χ4n) is 4.75. The van der Waals surface area contributed by atoms with Gasteiger partial charge in [0, 0.05) is 43.3 Å². The smallest absolute Gasteiger partial charge is 0.335 e.